The van der Waals surface area contributed by atoms with Gasteiger partial charge in [0.2, 0.25) is 0 Å². The standard InChI is InChI=1S/C27H29N3O6S/c1-35-22-8-6-18(7-9-22)14-28-30-27(34)24-13-23(36-2)10-11-25(24)29-26(33)20-5-3-4-19(12-20)16-37-17-21(32)15-31/h3-14,21,31-32H,15-17H2,1-2H3,(H,29,33)(H,30,34). The number of thioether (sulfide) groups is 1. The normalized spacial score (nSPS) is 11.7. The van der Waals surface area contributed by atoms with Gasteiger partial charge in [-0.3, -0.25) is 9.59 Å². The summed E-state index contributed by atoms with van der Waals surface area (Å²) in [7, 11) is 3.07. The summed E-state index contributed by atoms with van der Waals surface area (Å²) in [4.78, 5) is 25.9. The second-order valence-electron chi connectivity index (χ2n) is 7.89. The highest BCUT2D eigenvalue weighted by molar-refractivity contribution is 7.98. The number of carbonyl (C=O) groups excluding carboxylic acids is 2. The number of hydrazone groups is 1. The predicted octanol–water partition coefficient (Wildman–Crippen LogP) is 3.31. The van der Waals surface area contributed by atoms with Crippen molar-refractivity contribution in [3.05, 3.63) is 89.0 Å². The van der Waals surface area contributed by atoms with Crippen molar-refractivity contribution >= 4 is 35.5 Å². The summed E-state index contributed by atoms with van der Waals surface area (Å²) in [5, 5.41) is 25.2. The molecule has 0 aromatic heterocycles. The molecule has 194 valence electrons. The number of aliphatic hydroxyl groups is 2. The third kappa shape index (κ3) is 8.35. The third-order valence-corrected chi connectivity index (χ3v) is 6.35. The number of hydrogen-bond acceptors (Lipinski definition) is 8. The molecular formula is C27H29N3O6S. The van der Waals surface area contributed by atoms with Crippen LogP contribution in [-0.2, 0) is 5.75 Å². The van der Waals surface area contributed by atoms with E-state index in [1.807, 2.05) is 6.07 Å². The van der Waals surface area contributed by atoms with Gasteiger partial charge in [0.15, 0.2) is 0 Å². The Kier molecular flexibility index (Phi) is 10.5. The molecule has 0 radical (unpaired) electrons. The van der Waals surface area contributed by atoms with Crippen LogP contribution in [0.5, 0.6) is 11.5 Å². The topological polar surface area (TPSA) is 129 Å². The Balaban J connectivity index is 1.70. The van der Waals surface area contributed by atoms with Crippen LogP contribution < -0.4 is 20.2 Å². The van der Waals surface area contributed by atoms with E-state index in [1.54, 1.807) is 61.7 Å². The smallest absolute Gasteiger partial charge is 0.273 e. The van der Waals surface area contributed by atoms with E-state index in [9.17, 15) is 14.7 Å². The molecule has 2 amide bonds. The summed E-state index contributed by atoms with van der Waals surface area (Å²) in [6.07, 6.45) is 0.718. The van der Waals surface area contributed by atoms with Crippen molar-refractivity contribution in [2.75, 3.05) is 31.9 Å². The lowest BCUT2D eigenvalue weighted by Gasteiger charge is -2.12. The first-order valence-corrected chi connectivity index (χ1v) is 12.5. The van der Waals surface area contributed by atoms with E-state index >= 15 is 0 Å². The van der Waals surface area contributed by atoms with E-state index in [4.69, 9.17) is 14.6 Å². The van der Waals surface area contributed by atoms with Crippen LogP contribution in [-0.4, -0.2) is 60.9 Å². The molecule has 9 nitrogen and oxygen atoms in total. The molecule has 0 fully saturated rings. The molecule has 4 N–H and O–H groups in total. The van der Waals surface area contributed by atoms with Crippen molar-refractivity contribution < 1.29 is 29.3 Å². The fourth-order valence-electron chi connectivity index (χ4n) is 3.23. The van der Waals surface area contributed by atoms with Crippen molar-refractivity contribution in [1.82, 2.24) is 5.43 Å². The highest BCUT2D eigenvalue weighted by atomic mass is 32.2. The summed E-state index contributed by atoms with van der Waals surface area (Å²) < 4.78 is 10.4. The Labute approximate surface area is 219 Å². The molecule has 0 heterocycles. The Morgan fingerprint density at radius 1 is 1.00 bits per heavy atom. The van der Waals surface area contributed by atoms with Crippen LogP contribution in [0.25, 0.3) is 0 Å². The SMILES string of the molecule is COc1ccc(C=NNC(=O)c2cc(OC)ccc2NC(=O)c2cccc(CSCC(O)CO)c2)cc1. The van der Waals surface area contributed by atoms with Crippen LogP contribution in [0.3, 0.4) is 0 Å². The number of ether oxygens (including phenoxy) is 2. The summed E-state index contributed by atoms with van der Waals surface area (Å²) in [5.74, 6) is 1.21. The van der Waals surface area contributed by atoms with Gasteiger partial charge < -0.3 is 25.0 Å². The third-order valence-electron chi connectivity index (χ3n) is 5.19. The first kappa shape index (κ1) is 27.7. The second kappa shape index (κ2) is 14.0. The molecule has 3 aromatic carbocycles. The number of carbonyl (C=O) groups is 2. The molecule has 3 rings (SSSR count). The number of aliphatic hydroxyl groups excluding tert-OH is 2. The molecule has 1 atom stereocenters. The zero-order valence-electron chi connectivity index (χ0n) is 20.5. The van der Waals surface area contributed by atoms with Gasteiger partial charge in [-0.1, -0.05) is 12.1 Å². The molecule has 0 aliphatic rings. The molecular weight excluding hydrogens is 494 g/mol. The van der Waals surface area contributed by atoms with Gasteiger partial charge in [0.1, 0.15) is 11.5 Å². The molecule has 0 aliphatic carbocycles. The minimum absolute atomic E-state index is 0.185. The van der Waals surface area contributed by atoms with Gasteiger partial charge >= 0.3 is 0 Å². The Hall–Kier alpha value is -3.86. The quantitative estimate of drug-likeness (QED) is 0.212. The lowest BCUT2D eigenvalue weighted by atomic mass is 10.1. The van der Waals surface area contributed by atoms with Crippen LogP contribution in [0.1, 0.15) is 31.8 Å². The molecule has 0 spiro atoms. The molecule has 0 bridgehead atoms. The predicted molar refractivity (Wildman–Crippen MR) is 145 cm³/mol. The van der Waals surface area contributed by atoms with Crippen LogP contribution in [0.15, 0.2) is 71.8 Å². The number of hydrogen-bond donors (Lipinski definition) is 4. The van der Waals surface area contributed by atoms with Crippen LogP contribution in [0, 0.1) is 0 Å². The van der Waals surface area contributed by atoms with Gasteiger partial charge in [0, 0.05) is 17.1 Å². The number of rotatable bonds is 12. The summed E-state index contributed by atoms with van der Waals surface area (Å²) in [6, 6.07) is 19.0. The van der Waals surface area contributed by atoms with Gasteiger partial charge in [-0.15, -0.1) is 0 Å². The average Bonchev–Trinajstić information content (AvgIpc) is 2.93. The number of benzene rings is 3. The molecule has 37 heavy (non-hydrogen) atoms. The summed E-state index contributed by atoms with van der Waals surface area (Å²) in [5.41, 5.74) is 5.04. The molecule has 0 saturated carbocycles. The molecule has 0 saturated heterocycles. The number of amides is 2. The zero-order valence-corrected chi connectivity index (χ0v) is 21.3. The molecule has 10 heteroatoms. The van der Waals surface area contributed by atoms with Crippen molar-refractivity contribution in [2.24, 2.45) is 5.10 Å². The lowest BCUT2D eigenvalue weighted by Crippen LogP contribution is -2.21. The Morgan fingerprint density at radius 2 is 1.73 bits per heavy atom. The first-order chi connectivity index (χ1) is 17.9. The fourth-order valence-corrected chi connectivity index (χ4v) is 4.14. The maximum absolute atomic E-state index is 13.0. The van der Waals surface area contributed by atoms with Gasteiger partial charge in [-0.25, -0.2) is 5.43 Å². The monoisotopic (exact) mass is 523 g/mol. The van der Waals surface area contributed by atoms with E-state index in [2.05, 4.69) is 15.8 Å². The minimum atomic E-state index is -0.781. The fraction of sp³-hybridized carbons (Fsp3) is 0.222. The largest absolute Gasteiger partial charge is 0.497 e. The Bertz CT molecular complexity index is 1230. The van der Waals surface area contributed by atoms with E-state index in [0.717, 1.165) is 11.1 Å². The molecule has 1 unspecified atom stereocenters. The van der Waals surface area contributed by atoms with E-state index in [-0.39, 0.29) is 18.1 Å². The number of nitrogens with zero attached hydrogens (tertiary/aromatic N) is 1. The van der Waals surface area contributed by atoms with Crippen LogP contribution in [0.2, 0.25) is 0 Å². The van der Waals surface area contributed by atoms with Crippen molar-refractivity contribution in [3.8, 4) is 11.5 Å². The van der Waals surface area contributed by atoms with E-state index in [1.165, 1.54) is 31.2 Å². The highest BCUT2D eigenvalue weighted by Crippen LogP contribution is 2.23. The highest BCUT2D eigenvalue weighted by Gasteiger charge is 2.16. The molecule has 3 aromatic rings. The lowest BCUT2D eigenvalue weighted by molar-refractivity contribution is 0.0955. The number of anilines is 1. The van der Waals surface area contributed by atoms with Crippen molar-refractivity contribution in [1.29, 1.82) is 0 Å². The zero-order chi connectivity index (χ0) is 26.6. The molecule has 0 aliphatic heterocycles. The maximum Gasteiger partial charge on any atom is 0.273 e. The number of methoxy groups -OCH3 is 2. The maximum atomic E-state index is 13.0. The minimum Gasteiger partial charge on any atom is -0.497 e. The first-order valence-electron chi connectivity index (χ1n) is 11.4. The van der Waals surface area contributed by atoms with E-state index < -0.39 is 12.0 Å². The van der Waals surface area contributed by atoms with Gasteiger partial charge in [0.25, 0.3) is 11.8 Å². The summed E-state index contributed by atoms with van der Waals surface area (Å²) >= 11 is 1.45. The second-order valence-corrected chi connectivity index (χ2v) is 8.92. The van der Waals surface area contributed by atoms with Crippen molar-refractivity contribution in [3.63, 3.8) is 0 Å². The van der Waals surface area contributed by atoms with Gasteiger partial charge in [0.05, 0.1) is 44.4 Å². The van der Waals surface area contributed by atoms with Crippen LogP contribution in [0.4, 0.5) is 5.69 Å². The average molecular weight is 524 g/mol. The summed E-state index contributed by atoms with van der Waals surface area (Å²) in [6.45, 7) is -0.292. The van der Waals surface area contributed by atoms with Crippen molar-refractivity contribution in [2.45, 2.75) is 11.9 Å². The van der Waals surface area contributed by atoms with E-state index in [0.29, 0.717) is 34.3 Å². The Morgan fingerprint density at radius 3 is 2.43 bits per heavy atom. The number of nitrogens with one attached hydrogen (secondary N) is 2. The van der Waals surface area contributed by atoms with Gasteiger partial charge in [-0.2, -0.15) is 16.9 Å². The van der Waals surface area contributed by atoms with Gasteiger partial charge in [-0.05, 0) is 65.7 Å². The van der Waals surface area contributed by atoms with Crippen LogP contribution >= 0.6 is 11.8 Å².